The number of alkyl halides is 3. The number of carbonyl (C=O) groups excluding carboxylic acids is 2. The third-order valence-corrected chi connectivity index (χ3v) is 7.26. The van der Waals surface area contributed by atoms with E-state index in [0.717, 1.165) is 34.4 Å². The molecule has 4 rings (SSSR count). The summed E-state index contributed by atoms with van der Waals surface area (Å²) in [6.07, 6.45) is -5.02. The molecule has 0 aliphatic heterocycles. The predicted molar refractivity (Wildman–Crippen MR) is 178 cm³/mol. The number of hydrogen-bond acceptors (Lipinski definition) is 9. The van der Waals surface area contributed by atoms with Crippen LogP contribution in [0.3, 0.4) is 0 Å². The number of esters is 2. The highest BCUT2D eigenvalue weighted by molar-refractivity contribution is 6.43. The Morgan fingerprint density at radius 2 is 1.43 bits per heavy atom. The fourth-order valence-electron chi connectivity index (χ4n) is 4.68. The van der Waals surface area contributed by atoms with Crippen molar-refractivity contribution in [2.24, 2.45) is 10.3 Å². The zero-order valence-electron chi connectivity index (χ0n) is 27.7. The number of nitrogens with zero attached hydrogens (tertiary/aromatic N) is 2. The highest BCUT2D eigenvalue weighted by atomic mass is 19.4. The lowest BCUT2D eigenvalue weighted by Crippen LogP contribution is -2.19. The van der Waals surface area contributed by atoms with Crippen molar-refractivity contribution in [2.45, 2.75) is 39.2 Å². The van der Waals surface area contributed by atoms with E-state index in [4.69, 9.17) is 19.1 Å². The lowest BCUT2D eigenvalue weighted by atomic mass is 9.93. The Labute approximate surface area is 282 Å². The second-order valence-corrected chi connectivity index (χ2v) is 10.5. The minimum Gasteiger partial charge on any atom is -0.469 e. The van der Waals surface area contributed by atoms with Crippen LogP contribution in [0.15, 0.2) is 107 Å². The number of halogens is 3. The average molecular weight is 679 g/mol. The first-order valence-electron chi connectivity index (χ1n) is 14.9. The Morgan fingerprint density at radius 3 is 2.06 bits per heavy atom. The number of aliphatic hydroxyl groups is 1. The van der Waals surface area contributed by atoms with Crippen molar-refractivity contribution in [3.05, 3.63) is 142 Å². The van der Waals surface area contributed by atoms with Crippen LogP contribution in [-0.2, 0) is 47.9 Å². The summed E-state index contributed by atoms with van der Waals surface area (Å²) in [6.45, 7) is 3.45. The smallest absolute Gasteiger partial charge is 0.416 e. The van der Waals surface area contributed by atoms with E-state index >= 15 is 0 Å². The van der Waals surface area contributed by atoms with Gasteiger partial charge in [-0.05, 0) is 53.8 Å². The normalized spacial score (nSPS) is 12.3. The van der Waals surface area contributed by atoms with Gasteiger partial charge < -0.3 is 24.3 Å². The lowest BCUT2D eigenvalue weighted by Gasteiger charge is -2.17. The highest BCUT2D eigenvalue weighted by Crippen LogP contribution is 2.30. The molecule has 4 aromatic rings. The van der Waals surface area contributed by atoms with E-state index in [-0.39, 0.29) is 36.0 Å². The van der Waals surface area contributed by atoms with Crippen molar-refractivity contribution in [3.8, 4) is 0 Å². The van der Waals surface area contributed by atoms with Gasteiger partial charge in [0.05, 0.1) is 31.9 Å². The number of ether oxygens (including phenoxy) is 2. The zero-order valence-corrected chi connectivity index (χ0v) is 27.7. The minimum atomic E-state index is -4.44. The summed E-state index contributed by atoms with van der Waals surface area (Å²) in [5.74, 6) is -1.00. The van der Waals surface area contributed by atoms with Crippen LogP contribution in [-0.4, -0.2) is 49.8 Å². The second-order valence-electron chi connectivity index (χ2n) is 10.5. The van der Waals surface area contributed by atoms with Gasteiger partial charge in [0.1, 0.15) is 19.8 Å². The van der Waals surface area contributed by atoms with Crippen LogP contribution in [0.4, 0.5) is 13.2 Å². The number of aliphatic hydroxyl groups excluding tert-OH is 1. The largest absolute Gasteiger partial charge is 0.469 e. The van der Waals surface area contributed by atoms with E-state index in [1.807, 2.05) is 55.5 Å². The zero-order chi connectivity index (χ0) is 36.0. The second kappa shape index (κ2) is 18.2. The topological polar surface area (TPSA) is 116 Å². The molecule has 1 unspecified atom stereocenters. The van der Waals surface area contributed by atoms with Gasteiger partial charge in [-0.2, -0.15) is 13.2 Å². The molecule has 0 spiro atoms. The molecule has 0 aromatic heterocycles. The molecule has 0 aliphatic rings. The summed E-state index contributed by atoms with van der Waals surface area (Å²) in [5.41, 5.74) is 4.13. The lowest BCUT2D eigenvalue weighted by molar-refractivity contribution is -0.140. The van der Waals surface area contributed by atoms with E-state index in [2.05, 4.69) is 10.3 Å². The van der Waals surface area contributed by atoms with Crippen LogP contribution in [0, 0.1) is 6.92 Å². The Morgan fingerprint density at radius 1 is 0.796 bits per heavy atom. The number of rotatable bonds is 11. The number of hydrogen-bond donors (Lipinski definition) is 1. The van der Waals surface area contributed by atoms with Gasteiger partial charge >= 0.3 is 18.1 Å². The molecule has 1 atom stereocenters. The number of benzene rings is 4. The molecule has 0 amide bonds. The number of carbonyl (C=O) groups is 2. The minimum absolute atomic E-state index is 0.0484. The van der Waals surface area contributed by atoms with Crippen molar-refractivity contribution in [1.29, 1.82) is 0 Å². The van der Waals surface area contributed by atoms with Crippen molar-refractivity contribution in [3.63, 3.8) is 0 Å². The molecule has 0 heterocycles. The number of aryl methyl sites for hydroxylation is 1. The van der Waals surface area contributed by atoms with Gasteiger partial charge in [0, 0.05) is 11.1 Å². The molecule has 12 heteroatoms. The van der Waals surface area contributed by atoms with E-state index < -0.39 is 23.8 Å². The predicted octanol–water partition coefficient (Wildman–Crippen LogP) is 6.96. The Bertz CT molecular complexity index is 1790. The summed E-state index contributed by atoms with van der Waals surface area (Å²) >= 11 is 0. The maximum atomic E-state index is 12.9. The van der Waals surface area contributed by atoms with Gasteiger partial charge in [0.25, 0.3) is 0 Å². The first-order chi connectivity index (χ1) is 23.4. The first-order valence-corrected chi connectivity index (χ1v) is 14.9. The molecule has 1 N–H and O–H groups in total. The van der Waals surface area contributed by atoms with Crippen molar-refractivity contribution >= 4 is 23.4 Å². The van der Waals surface area contributed by atoms with E-state index in [1.54, 1.807) is 24.3 Å². The molecule has 0 saturated carbocycles. The first kappa shape index (κ1) is 38.0. The maximum Gasteiger partial charge on any atom is 0.416 e. The molecule has 0 bridgehead atoms. The molecule has 0 saturated heterocycles. The number of oxime groups is 2. The van der Waals surface area contributed by atoms with E-state index in [9.17, 15) is 27.9 Å². The molecular formula is C37H37F3N2O7. The van der Waals surface area contributed by atoms with Crippen LogP contribution in [0.25, 0.3) is 0 Å². The summed E-state index contributed by atoms with van der Waals surface area (Å²) < 4.78 is 48.0. The molecular weight excluding hydrogens is 641 g/mol. The maximum absolute atomic E-state index is 12.9. The number of methoxy groups -OCH3 is 2. The summed E-state index contributed by atoms with van der Waals surface area (Å²) in [6, 6.07) is 26.6. The standard InChI is InChI=1S/C20H19F3N2O4.C17H18O3/c1-13(14-8-6-9-16(11-14)20(21,22)23)24-29-12-15-7-4-5-10-17(15)18(25-28-3)19(26)27-2;1-12-7-3-5-9-14(12)17(19)15-10-6-4-8-13(15)11-16(18)20-2/h4-11H,12H2,1-3H3;3-10,17,19H,11H2,1-2H3/b24-13+,25-18+;. The van der Waals surface area contributed by atoms with Crippen molar-refractivity contribution in [1.82, 2.24) is 0 Å². The van der Waals surface area contributed by atoms with Gasteiger partial charge in [-0.25, -0.2) is 4.79 Å². The fourth-order valence-corrected chi connectivity index (χ4v) is 4.68. The van der Waals surface area contributed by atoms with Crippen LogP contribution >= 0.6 is 0 Å². The Kier molecular flexibility index (Phi) is 14.1. The fraction of sp³-hybridized carbons (Fsp3) is 0.243. The van der Waals surface area contributed by atoms with Crippen LogP contribution in [0.1, 0.15) is 57.5 Å². The molecule has 49 heavy (non-hydrogen) atoms. The van der Waals surface area contributed by atoms with Gasteiger partial charge in [-0.15, -0.1) is 0 Å². The highest BCUT2D eigenvalue weighted by Gasteiger charge is 2.30. The van der Waals surface area contributed by atoms with E-state index in [1.165, 1.54) is 40.4 Å². The van der Waals surface area contributed by atoms with Gasteiger partial charge in [0.15, 0.2) is 5.71 Å². The molecule has 258 valence electrons. The van der Waals surface area contributed by atoms with E-state index in [0.29, 0.717) is 11.1 Å². The van der Waals surface area contributed by atoms with Crippen LogP contribution in [0.5, 0.6) is 0 Å². The Hall–Kier alpha value is -5.49. The summed E-state index contributed by atoms with van der Waals surface area (Å²) in [7, 11) is 3.88. The van der Waals surface area contributed by atoms with Gasteiger partial charge in [-0.1, -0.05) is 95.2 Å². The van der Waals surface area contributed by atoms with Crippen molar-refractivity contribution < 1.29 is 47.0 Å². The molecule has 9 nitrogen and oxygen atoms in total. The van der Waals surface area contributed by atoms with Crippen LogP contribution < -0.4 is 0 Å². The third-order valence-electron chi connectivity index (χ3n) is 7.26. The van der Waals surface area contributed by atoms with Gasteiger partial charge in [0.2, 0.25) is 0 Å². The Balaban J connectivity index is 0.000000284. The molecule has 0 radical (unpaired) electrons. The van der Waals surface area contributed by atoms with Crippen LogP contribution in [0.2, 0.25) is 0 Å². The summed E-state index contributed by atoms with van der Waals surface area (Å²) in [5, 5.41) is 18.2. The molecule has 0 aliphatic carbocycles. The quantitative estimate of drug-likeness (QED) is 0.104. The molecule has 0 fully saturated rings. The average Bonchev–Trinajstić information content (AvgIpc) is 3.10. The summed E-state index contributed by atoms with van der Waals surface area (Å²) in [4.78, 5) is 33.4. The van der Waals surface area contributed by atoms with Crippen molar-refractivity contribution in [2.75, 3.05) is 21.3 Å². The van der Waals surface area contributed by atoms with Gasteiger partial charge in [-0.3, -0.25) is 4.79 Å². The molecule has 4 aromatic carbocycles. The SMILES string of the molecule is CO/N=C(/C(=O)OC)c1ccccc1CO/N=C(\C)c1cccc(C(F)(F)F)c1.COC(=O)Cc1ccccc1C(O)c1ccccc1C. The third kappa shape index (κ3) is 10.8. The monoisotopic (exact) mass is 678 g/mol.